The molecule has 1 atom stereocenters. The fourth-order valence-corrected chi connectivity index (χ4v) is 3.58. The Balaban J connectivity index is 1.70. The lowest BCUT2D eigenvalue weighted by atomic mass is 10.2. The second-order valence-electron chi connectivity index (χ2n) is 5.79. The molecule has 0 fully saturated rings. The Morgan fingerprint density at radius 2 is 2.12 bits per heavy atom. The highest BCUT2D eigenvalue weighted by Crippen LogP contribution is 2.28. The molecule has 0 saturated carbocycles. The molecule has 0 spiro atoms. The van der Waals surface area contributed by atoms with E-state index in [-0.39, 0.29) is 11.9 Å². The van der Waals surface area contributed by atoms with Crippen molar-refractivity contribution in [1.82, 2.24) is 20.1 Å². The van der Waals surface area contributed by atoms with Crippen LogP contribution in [-0.2, 0) is 20.0 Å². The van der Waals surface area contributed by atoms with Crippen molar-refractivity contribution in [2.75, 3.05) is 0 Å². The molecule has 0 aliphatic heterocycles. The maximum atomic E-state index is 13.9. The Morgan fingerprint density at radius 1 is 1.33 bits per heavy atom. The summed E-state index contributed by atoms with van der Waals surface area (Å²) in [5, 5.41) is 10.6. The number of hydrogen-bond acceptors (Lipinski definition) is 4. The van der Waals surface area contributed by atoms with Gasteiger partial charge in [0.15, 0.2) is 0 Å². The second kappa shape index (κ2) is 7.23. The number of thiazole rings is 1. The van der Waals surface area contributed by atoms with Crippen molar-refractivity contribution in [2.45, 2.75) is 32.9 Å². The molecule has 1 unspecified atom stereocenters. The summed E-state index contributed by atoms with van der Waals surface area (Å²) >= 11 is 1.47. The van der Waals surface area contributed by atoms with Gasteiger partial charge in [0.25, 0.3) is 0 Å². The first kappa shape index (κ1) is 16.8. The number of aromatic nitrogens is 3. The summed E-state index contributed by atoms with van der Waals surface area (Å²) in [6.45, 7) is 4.92. The van der Waals surface area contributed by atoms with Crippen LogP contribution in [0.1, 0.15) is 36.8 Å². The lowest BCUT2D eigenvalue weighted by Crippen LogP contribution is -2.18. The van der Waals surface area contributed by atoms with Gasteiger partial charge >= 0.3 is 0 Å². The van der Waals surface area contributed by atoms with Crippen LogP contribution in [0.3, 0.4) is 0 Å². The lowest BCUT2D eigenvalue weighted by Gasteiger charge is -2.11. The summed E-state index contributed by atoms with van der Waals surface area (Å²) in [7, 11) is 1.94. The smallest absolute Gasteiger partial charge is 0.133 e. The first-order valence-electron chi connectivity index (χ1n) is 8.03. The molecule has 3 aromatic rings. The van der Waals surface area contributed by atoms with Crippen LogP contribution in [0, 0.1) is 5.82 Å². The maximum Gasteiger partial charge on any atom is 0.133 e. The van der Waals surface area contributed by atoms with Gasteiger partial charge in [-0.05, 0) is 25.5 Å². The van der Waals surface area contributed by atoms with Crippen LogP contribution in [-0.4, -0.2) is 14.8 Å². The van der Waals surface area contributed by atoms with Crippen LogP contribution in [0.4, 0.5) is 4.39 Å². The van der Waals surface area contributed by atoms with E-state index in [9.17, 15) is 4.39 Å². The fraction of sp³-hybridized carbons (Fsp3) is 0.333. The molecule has 1 aromatic carbocycles. The first-order valence-corrected chi connectivity index (χ1v) is 8.91. The van der Waals surface area contributed by atoms with Crippen LogP contribution in [0.2, 0.25) is 0 Å². The summed E-state index contributed by atoms with van der Waals surface area (Å²) in [6.07, 6.45) is 2.96. The lowest BCUT2D eigenvalue weighted by molar-refractivity contribution is 0.562. The van der Waals surface area contributed by atoms with Crippen molar-refractivity contribution in [3.8, 4) is 10.6 Å². The Labute approximate surface area is 145 Å². The quantitative estimate of drug-likeness (QED) is 0.732. The molecule has 0 radical (unpaired) electrons. The number of benzene rings is 1. The van der Waals surface area contributed by atoms with E-state index in [4.69, 9.17) is 0 Å². The van der Waals surface area contributed by atoms with E-state index in [2.05, 4.69) is 29.2 Å². The standard InChI is InChI=1S/C18H21FN4S/c1-4-16-13(10-23(3)22-16)9-20-12(2)17-11-24-18(21-17)14-7-5-6-8-15(14)19/h5-8,10-12,20H,4,9H2,1-3H3. The molecule has 1 N–H and O–H groups in total. The SMILES string of the molecule is CCc1nn(C)cc1CNC(C)c1csc(-c2ccccc2F)n1. The number of hydrogen-bond donors (Lipinski definition) is 1. The molecule has 0 amide bonds. The van der Waals surface area contributed by atoms with Gasteiger partial charge in [0, 0.05) is 42.3 Å². The number of nitrogens with one attached hydrogen (secondary N) is 1. The summed E-state index contributed by atoms with van der Waals surface area (Å²) in [6, 6.07) is 6.84. The predicted molar refractivity (Wildman–Crippen MR) is 95.3 cm³/mol. The minimum absolute atomic E-state index is 0.0895. The van der Waals surface area contributed by atoms with Crippen molar-refractivity contribution in [2.24, 2.45) is 7.05 Å². The zero-order valence-corrected chi connectivity index (χ0v) is 14.9. The normalized spacial score (nSPS) is 12.5. The molecule has 4 nitrogen and oxygen atoms in total. The predicted octanol–water partition coefficient (Wildman–Crippen LogP) is 4.10. The number of nitrogens with zero attached hydrogens (tertiary/aromatic N) is 3. The Hall–Kier alpha value is -2.05. The van der Waals surface area contributed by atoms with Gasteiger partial charge in [-0.1, -0.05) is 19.1 Å². The molecule has 2 aromatic heterocycles. The van der Waals surface area contributed by atoms with Crippen LogP contribution in [0.5, 0.6) is 0 Å². The van der Waals surface area contributed by atoms with Gasteiger partial charge in [-0.3, -0.25) is 4.68 Å². The average Bonchev–Trinajstić information content (AvgIpc) is 3.19. The van der Waals surface area contributed by atoms with Crippen LogP contribution in [0.25, 0.3) is 10.6 Å². The zero-order valence-electron chi connectivity index (χ0n) is 14.1. The van der Waals surface area contributed by atoms with Crippen LogP contribution < -0.4 is 5.32 Å². The molecule has 24 heavy (non-hydrogen) atoms. The van der Waals surface area contributed by atoms with Crippen molar-refractivity contribution in [3.05, 3.63) is 58.6 Å². The van der Waals surface area contributed by atoms with Crippen molar-refractivity contribution >= 4 is 11.3 Å². The molecule has 6 heteroatoms. The van der Waals surface area contributed by atoms with Gasteiger partial charge in [0.1, 0.15) is 10.8 Å². The van der Waals surface area contributed by atoms with Gasteiger partial charge in [-0.15, -0.1) is 11.3 Å². The van der Waals surface area contributed by atoms with E-state index < -0.39 is 0 Å². The van der Waals surface area contributed by atoms with Crippen LogP contribution in [0.15, 0.2) is 35.8 Å². The van der Waals surface area contributed by atoms with Gasteiger partial charge in [0.05, 0.1) is 11.4 Å². The number of rotatable bonds is 6. The summed E-state index contributed by atoms with van der Waals surface area (Å²) in [4.78, 5) is 4.60. The third-order valence-electron chi connectivity index (χ3n) is 4.00. The van der Waals surface area contributed by atoms with Gasteiger partial charge < -0.3 is 5.32 Å². The van der Waals surface area contributed by atoms with Crippen molar-refractivity contribution < 1.29 is 4.39 Å². The molecular formula is C18H21FN4S. The van der Waals surface area contributed by atoms with Crippen molar-refractivity contribution in [3.63, 3.8) is 0 Å². The highest BCUT2D eigenvalue weighted by atomic mass is 32.1. The highest BCUT2D eigenvalue weighted by molar-refractivity contribution is 7.13. The molecule has 2 heterocycles. The van der Waals surface area contributed by atoms with Crippen LogP contribution >= 0.6 is 11.3 Å². The molecular weight excluding hydrogens is 323 g/mol. The molecule has 0 aliphatic carbocycles. The van der Waals surface area contributed by atoms with E-state index in [0.29, 0.717) is 10.6 Å². The molecule has 3 rings (SSSR count). The fourth-order valence-electron chi connectivity index (χ4n) is 2.64. The second-order valence-corrected chi connectivity index (χ2v) is 6.65. The Kier molecular flexibility index (Phi) is 5.06. The molecule has 126 valence electrons. The maximum absolute atomic E-state index is 13.9. The number of halogens is 1. The molecule has 0 saturated heterocycles. The highest BCUT2D eigenvalue weighted by Gasteiger charge is 2.14. The summed E-state index contributed by atoms with van der Waals surface area (Å²) in [5.41, 5.74) is 3.81. The average molecular weight is 344 g/mol. The minimum Gasteiger partial charge on any atom is -0.305 e. The Morgan fingerprint density at radius 3 is 2.88 bits per heavy atom. The molecule has 0 bridgehead atoms. The largest absolute Gasteiger partial charge is 0.305 e. The van der Waals surface area contributed by atoms with E-state index in [1.807, 2.05) is 29.4 Å². The number of aryl methyl sites for hydroxylation is 2. The van der Waals surface area contributed by atoms with E-state index in [1.54, 1.807) is 12.1 Å². The Bertz CT molecular complexity index is 824. The van der Waals surface area contributed by atoms with E-state index in [0.717, 1.165) is 24.4 Å². The molecule has 0 aliphatic rings. The third kappa shape index (κ3) is 3.55. The minimum atomic E-state index is -0.234. The third-order valence-corrected chi connectivity index (χ3v) is 4.89. The zero-order chi connectivity index (χ0) is 17.1. The van der Waals surface area contributed by atoms with Gasteiger partial charge in [-0.25, -0.2) is 9.37 Å². The van der Waals surface area contributed by atoms with E-state index >= 15 is 0 Å². The monoisotopic (exact) mass is 344 g/mol. The van der Waals surface area contributed by atoms with Crippen molar-refractivity contribution in [1.29, 1.82) is 0 Å². The topological polar surface area (TPSA) is 42.7 Å². The summed E-state index contributed by atoms with van der Waals surface area (Å²) in [5.74, 6) is -0.234. The summed E-state index contributed by atoms with van der Waals surface area (Å²) < 4.78 is 15.7. The van der Waals surface area contributed by atoms with E-state index in [1.165, 1.54) is 23.0 Å². The van der Waals surface area contributed by atoms with Gasteiger partial charge in [-0.2, -0.15) is 5.10 Å². The van der Waals surface area contributed by atoms with Gasteiger partial charge in [0.2, 0.25) is 0 Å². The first-order chi connectivity index (χ1) is 11.6.